The Morgan fingerprint density at radius 3 is 2.62 bits per heavy atom. The lowest BCUT2D eigenvalue weighted by Crippen LogP contribution is -2.33. The summed E-state index contributed by atoms with van der Waals surface area (Å²) in [5.41, 5.74) is 2.10. The molecule has 0 radical (unpaired) electrons. The highest BCUT2D eigenvalue weighted by atomic mass is 19.2. The van der Waals surface area contributed by atoms with Crippen LogP contribution in [0.25, 0.3) is 22.0 Å². The van der Waals surface area contributed by atoms with Gasteiger partial charge in [0.1, 0.15) is 17.3 Å². The Labute approximate surface area is 195 Å². The summed E-state index contributed by atoms with van der Waals surface area (Å²) in [6, 6.07) is 15.5. The summed E-state index contributed by atoms with van der Waals surface area (Å²) in [7, 11) is 0. The number of halogens is 3. The van der Waals surface area contributed by atoms with Crippen LogP contribution in [0, 0.1) is 17.5 Å². The van der Waals surface area contributed by atoms with Crippen molar-refractivity contribution in [1.29, 1.82) is 0 Å². The zero-order chi connectivity index (χ0) is 24.0. The minimum atomic E-state index is -1.26. The van der Waals surface area contributed by atoms with Crippen molar-refractivity contribution in [2.75, 3.05) is 6.61 Å². The van der Waals surface area contributed by atoms with Gasteiger partial charge in [-0.15, -0.1) is 0 Å². The van der Waals surface area contributed by atoms with Crippen molar-refractivity contribution in [3.63, 3.8) is 0 Å². The highest BCUT2D eigenvalue weighted by molar-refractivity contribution is 6.04. The van der Waals surface area contributed by atoms with Gasteiger partial charge in [0.15, 0.2) is 11.6 Å². The molecule has 1 atom stereocenters. The predicted molar refractivity (Wildman–Crippen MR) is 124 cm³/mol. The van der Waals surface area contributed by atoms with Gasteiger partial charge in [-0.1, -0.05) is 30.3 Å². The van der Waals surface area contributed by atoms with E-state index in [9.17, 15) is 18.0 Å². The second-order valence-electron chi connectivity index (χ2n) is 8.68. The van der Waals surface area contributed by atoms with Gasteiger partial charge in [0.05, 0.1) is 12.6 Å². The quantitative estimate of drug-likeness (QED) is 0.348. The van der Waals surface area contributed by atoms with Crippen LogP contribution in [0.4, 0.5) is 13.2 Å². The van der Waals surface area contributed by atoms with Crippen molar-refractivity contribution in [3.05, 3.63) is 89.4 Å². The maximum Gasteiger partial charge on any atom is 0.268 e. The van der Waals surface area contributed by atoms with E-state index in [1.165, 1.54) is 0 Å². The van der Waals surface area contributed by atoms with Crippen LogP contribution >= 0.6 is 0 Å². The number of amides is 1. The molecule has 1 aliphatic rings. The molecular formula is C27H23F3N2O2. The van der Waals surface area contributed by atoms with Crippen LogP contribution in [0.5, 0.6) is 5.75 Å². The Hall–Kier alpha value is -3.74. The van der Waals surface area contributed by atoms with Crippen molar-refractivity contribution < 1.29 is 22.7 Å². The fourth-order valence-corrected chi connectivity index (χ4v) is 4.69. The van der Waals surface area contributed by atoms with Gasteiger partial charge in [0.2, 0.25) is 0 Å². The lowest BCUT2D eigenvalue weighted by atomic mass is 10.00. The molecule has 1 unspecified atom stereocenters. The third kappa shape index (κ3) is 3.71. The summed E-state index contributed by atoms with van der Waals surface area (Å²) >= 11 is 0. The van der Waals surface area contributed by atoms with Crippen LogP contribution in [0.3, 0.4) is 0 Å². The fraction of sp³-hybridized carbons (Fsp3) is 0.222. The normalized spacial score (nSPS) is 15.3. The maximum atomic E-state index is 14.6. The number of ether oxygens (including phenoxy) is 1. The number of aromatic nitrogens is 1. The van der Waals surface area contributed by atoms with Crippen molar-refractivity contribution in [2.24, 2.45) is 0 Å². The van der Waals surface area contributed by atoms with E-state index >= 15 is 0 Å². The molecule has 7 heteroatoms. The summed E-state index contributed by atoms with van der Waals surface area (Å²) in [5.74, 6) is -2.80. The number of rotatable bonds is 4. The Morgan fingerprint density at radius 2 is 1.82 bits per heavy atom. The minimum absolute atomic E-state index is 0.0930. The molecule has 1 amide bonds. The van der Waals surface area contributed by atoms with Gasteiger partial charge in [0.25, 0.3) is 5.91 Å². The minimum Gasteiger partial charge on any atom is -0.493 e. The van der Waals surface area contributed by atoms with Crippen LogP contribution in [0.15, 0.2) is 60.7 Å². The molecular weight excluding hydrogens is 441 g/mol. The SMILES string of the molecule is CC(C)n1c(C(=O)NC2CCOc3ccccc32)cc2c(-c3cc(F)cc(F)c3F)cccc21. The highest BCUT2D eigenvalue weighted by Gasteiger charge is 2.26. The van der Waals surface area contributed by atoms with Gasteiger partial charge in [-0.3, -0.25) is 4.79 Å². The average molecular weight is 464 g/mol. The van der Waals surface area contributed by atoms with E-state index in [1.54, 1.807) is 18.2 Å². The number of hydrogen-bond acceptors (Lipinski definition) is 2. The molecule has 4 nitrogen and oxygen atoms in total. The Morgan fingerprint density at radius 1 is 1.03 bits per heavy atom. The molecule has 174 valence electrons. The third-order valence-corrected chi connectivity index (χ3v) is 6.18. The molecule has 2 heterocycles. The molecule has 4 aromatic rings. The number of carbonyl (C=O) groups excluding carboxylic acids is 1. The van der Waals surface area contributed by atoms with E-state index in [1.807, 2.05) is 48.7 Å². The molecule has 34 heavy (non-hydrogen) atoms. The van der Waals surface area contributed by atoms with Crippen LogP contribution in [0.1, 0.15) is 48.4 Å². The van der Waals surface area contributed by atoms with Crippen molar-refractivity contribution >= 4 is 16.8 Å². The third-order valence-electron chi connectivity index (χ3n) is 6.18. The fourth-order valence-electron chi connectivity index (χ4n) is 4.69. The molecule has 1 aliphatic heterocycles. The number of nitrogens with zero attached hydrogens (tertiary/aromatic N) is 1. The summed E-state index contributed by atoms with van der Waals surface area (Å²) < 4.78 is 50.1. The van der Waals surface area contributed by atoms with E-state index in [0.29, 0.717) is 41.3 Å². The van der Waals surface area contributed by atoms with E-state index in [-0.39, 0.29) is 23.6 Å². The smallest absolute Gasteiger partial charge is 0.268 e. The standard InChI is InChI=1S/C27H23F3N2O2/c1-15(2)32-23-8-5-7-17(20-12-16(28)13-21(29)26(20)30)19(23)14-24(32)27(33)31-22-10-11-34-25-9-4-3-6-18(22)25/h3-9,12-15,22H,10-11H2,1-2H3,(H,31,33). The van der Waals surface area contributed by atoms with Crippen molar-refractivity contribution in [2.45, 2.75) is 32.4 Å². The number of para-hydroxylation sites is 1. The molecule has 5 rings (SSSR count). The number of hydrogen-bond donors (Lipinski definition) is 1. The van der Waals surface area contributed by atoms with Crippen LogP contribution in [-0.2, 0) is 0 Å². The lowest BCUT2D eigenvalue weighted by molar-refractivity contribution is 0.0914. The number of carbonyl (C=O) groups is 1. The van der Waals surface area contributed by atoms with Gasteiger partial charge in [-0.2, -0.15) is 0 Å². The molecule has 0 bridgehead atoms. The second kappa shape index (κ2) is 8.56. The van der Waals surface area contributed by atoms with Crippen molar-refractivity contribution in [1.82, 2.24) is 9.88 Å². The maximum absolute atomic E-state index is 14.6. The first-order valence-corrected chi connectivity index (χ1v) is 11.2. The molecule has 0 fully saturated rings. The first-order valence-electron chi connectivity index (χ1n) is 11.2. The van der Waals surface area contributed by atoms with Gasteiger partial charge in [0, 0.05) is 40.6 Å². The summed E-state index contributed by atoms with van der Waals surface area (Å²) in [5, 5.41) is 3.64. The number of benzene rings is 3. The Bertz CT molecular complexity index is 1410. The predicted octanol–water partition coefficient (Wildman–Crippen LogP) is 6.56. The molecule has 0 saturated heterocycles. The van der Waals surface area contributed by atoms with E-state index in [4.69, 9.17) is 4.74 Å². The molecule has 1 N–H and O–H groups in total. The van der Waals surface area contributed by atoms with Crippen molar-refractivity contribution in [3.8, 4) is 16.9 Å². The highest BCUT2D eigenvalue weighted by Crippen LogP contribution is 2.36. The van der Waals surface area contributed by atoms with Gasteiger partial charge >= 0.3 is 0 Å². The van der Waals surface area contributed by atoms with E-state index < -0.39 is 17.5 Å². The second-order valence-corrected chi connectivity index (χ2v) is 8.68. The lowest BCUT2D eigenvalue weighted by Gasteiger charge is -2.27. The number of nitrogens with one attached hydrogen (secondary N) is 1. The summed E-state index contributed by atoms with van der Waals surface area (Å²) in [4.78, 5) is 13.5. The van der Waals surface area contributed by atoms with Gasteiger partial charge in [-0.05, 0) is 43.7 Å². The zero-order valence-corrected chi connectivity index (χ0v) is 18.7. The van der Waals surface area contributed by atoms with E-state index in [0.717, 1.165) is 17.4 Å². The largest absolute Gasteiger partial charge is 0.493 e. The molecule has 1 aromatic heterocycles. The molecule has 0 spiro atoms. The molecule has 0 aliphatic carbocycles. The van der Waals surface area contributed by atoms with Crippen LogP contribution in [0.2, 0.25) is 0 Å². The average Bonchev–Trinajstić information content (AvgIpc) is 3.22. The van der Waals surface area contributed by atoms with E-state index in [2.05, 4.69) is 5.32 Å². The van der Waals surface area contributed by atoms with Gasteiger partial charge in [-0.25, -0.2) is 13.2 Å². The summed E-state index contributed by atoms with van der Waals surface area (Å²) in [6.45, 7) is 4.37. The summed E-state index contributed by atoms with van der Waals surface area (Å²) in [6.07, 6.45) is 0.629. The first-order chi connectivity index (χ1) is 16.3. The monoisotopic (exact) mass is 464 g/mol. The Kier molecular flexibility index (Phi) is 5.55. The Balaban J connectivity index is 1.61. The molecule has 0 saturated carbocycles. The van der Waals surface area contributed by atoms with Crippen LogP contribution < -0.4 is 10.1 Å². The topological polar surface area (TPSA) is 43.3 Å². The van der Waals surface area contributed by atoms with Crippen LogP contribution in [-0.4, -0.2) is 17.1 Å². The number of fused-ring (bicyclic) bond motifs is 2. The first kappa shape index (κ1) is 22.1. The van der Waals surface area contributed by atoms with Gasteiger partial charge < -0.3 is 14.6 Å². The zero-order valence-electron chi connectivity index (χ0n) is 18.7. The molecule has 3 aromatic carbocycles.